The lowest BCUT2D eigenvalue weighted by atomic mass is 9.94. The van der Waals surface area contributed by atoms with Crippen molar-refractivity contribution in [2.24, 2.45) is 0 Å². The molecular formula is C15H17ClN2. The standard InChI is InChI=1S/C15H17ClN2/c1-15(12-16,14-7-3-2-4-8-14)18-11-13-6-5-9-17-10-13/h2-10,18H,11-12H2,1H3. The summed E-state index contributed by atoms with van der Waals surface area (Å²) in [5.41, 5.74) is 2.13. The minimum absolute atomic E-state index is 0.224. The number of nitrogens with one attached hydrogen (secondary N) is 1. The fourth-order valence-electron chi connectivity index (χ4n) is 1.83. The monoisotopic (exact) mass is 260 g/mol. The van der Waals surface area contributed by atoms with Gasteiger partial charge in [0, 0.05) is 24.8 Å². The van der Waals surface area contributed by atoms with Gasteiger partial charge in [0.05, 0.1) is 5.54 Å². The van der Waals surface area contributed by atoms with E-state index in [4.69, 9.17) is 11.6 Å². The molecule has 1 aromatic carbocycles. The Labute approximate surface area is 113 Å². The molecule has 0 saturated heterocycles. The first kappa shape index (κ1) is 13.1. The molecule has 0 saturated carbocycles. The quantitative estimate of drug-likeness (QED) is 0.835. The number of nitrogens with zero attached hydrogens (tertiary/aromatic N) is 1. The molecule has 0 bridgehead atoms. The normalized spacial score (nSPS) is 14.1. The van der Waals surface area contributed by atoms with Gasteiger partial charge >= 0.3 is 0 Å². The molecule has 2 aromatic rings. The summed E-state index contributed by atoms with van der Waals surface area (Å²) in [7, 11) is 0. The molecule has 1 unspecified atom stereocenters. The van der Waals surface area contributed by atoms with Gasteiger partial charge in [-0.05, 0) is 24.1 Å². The summed E-state index contributed by atoms with van der Waals surface area (Å²) in [6, 6.07) is 14.3. The molecule has 0 aliphatic heterocycles. The van der Waals surface area contributed by atoms with E-state index in [1.54, 1.807) is 6.20 Å². The average Bonchev–Trinajstić information content (AvgIpc) is 2.47. The Kier molecular flexibility index (Phi) is 4.34. The summed E-state index contributed by atoms with van der Waals surface area (Å²) in [6.45, 7) is 2.87. The second-order valence-corrected chi connectivity index (χ2v) is 4.81. The van der Waals surface area contributed by atoms with Crippen molar-refractivity contribution in [2.75, 3.05) is 5.88 Å². The highest BCUT2D eigenvalue weighted by atomic mass is 35.5. The minimum atomic E-state index is -0.224. The molecule has 0 amide bonds. The zero-order valence-corrected chi connectivity index (χ0v) is 11.2. The smallest absolute Gasteiger partial charge is 0.0545 e. The molecule has 94 valence electrons. The molecule has 0 radical (unpaired) electrons. The SMILES string of the molecule is CC(CCl)(NCc1cccnc1)c1ccccc1. The Morgan fingerprint density at radius 2 is 1.94 bits per heavy atom. The van der Waals surface area contributed by atoms with Gasteiger partial charge in [0.1, 0.15) is 0 Å². The Morgan fingerprint density at radius 1 is 1.17 bits per heavy atom. The molecule has 1 N–H and O–H groups in total. The first-order chi connectivity index (χ1) is 8.74. The largest absolute Gasteiger partial charge is 0.302 e. The van der Waals surface area contributed by atoms with Crippen molar-refractivity contribution in [1.29, 1.82) is 0 Å². The number of hydrogen-bond acceptors (Lipinski definition) is 2. The highest BCUT2D eigenvalue weighted by molar-refractivity contribution is 6.18. The van der Waals surface area contributed by atoms with Crippen LogP contribution in [0.3, 0.4) is 0 Å². The van der Waals surface area contributed by atoms with E-state index in [9.17, 15) is 0 Å². The lowest BCUT2D eigenvalue weighted by molar-refractivity contribution is 0.406. The van der Waals surface area contributed by atoms with Gasteiger partial charge in [-0.25, -0.2) is 0 Å². The number of pyridine rings is 1. The third-order valence-corrected chi connectivity index (χ3v) is 3.62. The van der Waals surface area contributed by atoms with E-state index in [2.05, 4.69) is 35.4 Å². The van der Waals surface area contributed by atoms with E-state index < -0.39 is 0 Å². The number of benzene rings is 1. The van der Waals surface area contributed by atoms with Crippen LogP contribution >= 0.6 is 11.6 Å². The van der Waals surface area contributed by atoms with Crippen molar-refractivity contribution in [3.05, 3.63) is 66.0 Å². The fraction of sp³-hybridized carbons (Fsp3) is 0.267. The predicted molar refractivity (Wildman–Crippen MR) is 75.6 cm³/mol. The van der Waals surface area contributed by atoms with Crippen LogP contribution in [-0.2, 0) is 12.1 Å². The molecule has 1 atom stereocenters. The molecule has 3 heteroatoms. The van der Waals surface area contributed by atoms with Gasteiger partial charge in [0.2, 0.25) is 0 Å². The van der Waals surface area contributed by atoms with Crippen molar-refractivity contribution in [1.82, 2.24) is 10.3 Å². The Balaban J connectivity index is 2.10. The van der Waals surface area contributed by atoms with Crippen LogP contribution in [0.2, 0.25) is 0 Å². The molecule has 1 heterocycles. The third kappa shape index (κ3) is 3.09. The maximum absolute atomic E-state index is 6.13. The number of halogens is 1. The van der Waals surface area contributed by atoms with E-state index in [1.165, 1.54) is 5.56 Å². The number of alkyl halides is 1. The summed E-state index contributed by atoms with van der Waals surface area (Å²) in [5.74, 6) is 0.525. The zero-order valence-electron chi connectivity index (χ0n) is 10.4. The summed E-state index contributed by atoms with van der Waals surface area (Å²) in [5, 5.41) is 3.51. The van der Waals surface area contributed by atoms with Crippen LogP contribution in [0.15, 0.2) is 54.9 Å². The maximum Gasteiger partial charge on any atom is 0.0545 e. The van der Waals surface area contributed by atoms with Gasteiger partial charge < -0.3 is 5.32 Å². The van der Waals surface area contributed by atoms with Gasteiger partial charge in [-0.1, -0.05) is 36.4 Å². The molecule has 2 nitrogen and oxygen atoms in total. The first-order valence-corrected chi connectivity index (χ1v) is 6.53. The van der Waals surface area contributed by atoms with Crippen molar-refractivity contribution in [2.45, 2.75) is 19.0 Å². The van der Waals surface area contributed by atoms with Crippen molar-refractivity contribution < 1.29 is 0 Å². The van der Waals surface area contributed by atoms with Gasteiger partial charge in [0.15, 0.2) is 0 Å². The van der Waals surface area contributed by atoms with E-state index in [0.717, 1.165) is 12.1 Å². The highest BCUT2D eigenvalue weighted by Gasteiger charge is 2.24. The summed E-state index contributed by atoms with van der Waals surface area (Å²) < 4.78 is 0. The Bertz CT molecular complexity index is 472. The molecule has 0 spiro atoms. The van der Waals surface area contributed by atoms with Gasteiger partial charge in [0.25, 0.3) is 0 Å². The van der Waals surface area contributed by atoms with Gasteiger partial charge in [-0.3, -0.25) is 4.98 Å². The molecule has 0 fully saturated rings. The van der Waals surface area contributed by atoms with Crippen LogP contribution in [-0.4, -0.2) is 10.9 Å². The topological polar surface area (TPSA) is 24.9 Å². The minimum Gasteiger partial charge on any atom is -0.302 e. The van der Waals surface area contributed by atoms with Crippen LogP contribution in [0.4, 0.5) is 0 Å². The summed E-state index contributed by atoms with van der Waals surface area (Å²) in [6.07, 6.45) is 3.65. The second-order valence-electron chi connectivity index (χ2n) is 4.55. The van der Waals surface area contributed by atoms with Crippen molar-refractivity contribution in [3.63, 3.8) is 0 Å². The Morgan fingerprint density at radius 3 is 2.56 bits per heavy atom. The lowest BCUT2D eigenvalue weighted by Crippen LogP contribution is -2.40. The fourth-order valence-corrected chi connectivity index (χ4v) is 2.08. The third-order valence-electron chi connectivity index (χ3n) is 3.08. The average molecular weight is 261 g/mol. The molecular weight excluding hydrogens is 244 g/mol. The Hall–Kier alpha value is -1.38. The maximum atomic E-state index is 6.13. The molecule has 18 heavy (non-hydrogen) atoms. The van der Waals surface area contributed by atoms with Gasteiger partial charge in [-0.15, -0.1) is 11.6 Å². The zero-order chi connectivity index (χ0) is 12.8. The highest BCUT2D eigenvalue weighted by Crippen LogP contribution is 2.22. The van der Waals surface area contributed by atoms with Crippen molar-refractivity contribution >= 4 is 11.6 Å². The van der Waals surface area contributed by atoms with E-state index in [0.29, 0.717) is 5.88 Å². The van der Waals surface area contributed by atoms with Crippen LogP contribution in [0.1, 0.15) is 18.1 Å². The number of hydrogen-bond donors (Lipinski definition) is 1. The summed E-state index contributed by atoms with van der Waals surface area (Å²) >= 11 is 6.13. The van der Waals surface area contributed by atoms with E-state index in [1.807, 2.05) is 30.5 Å². The summed E-state index contributed by atoms with van der Waals surface area (Å²) in [4.78, 5) is 4.11. The number of aromatic nitrogens is 1. The molecule has 2 rings (SSSR count). The second kappa shape index (κ2) is 5.98. The van der Waals surface area contributed by atoms with Crippen LogP contribution in [0, 0.1) is 0 Å². The van der Waals surface area contributed by atoms with E-state index in [-0.39, 0.29) is 5.54 Å². The predicted octanol–water partition coefficient (Wildman–Crippen LogP) is 3.33. The molecule has 0 aliphatic rings. The number of rotatable bonds is 5. The van der Waals surface area contributed by atoms with Crippen LogP contribution < -0.4 is 5.32 Å². The van der Waals surface area contributed by atoms with Crippen LogP contribution in [0.25, 0.3) is 0 Å². The lowest BCUT2D eigenvalue weighted by Gasteiger charge is -2.29. The molecule has 1 aromatic heterocycles. The van der Waals surface area contributed by atoms with E-state index >= 15 is 0 Å². The van der Waals surface area contributed by atoms with Crippen LogP contribution in [0.5, 0.6) is 0 Å². The first-order valence-electron chi connectivity index (χ1n) is 6.00. The van der Waals surface area contributed by atoms with Crippen molar-refractivity contribution in [3.8, 4) is 0 Å². The van der Waals surface area contributed by atoms with Gasteiger partial charge in [-0.2, -0.15) is 0 Å². The molecule has 0 aliphatic carbocycles.